The average molecular weight is 412 g/mol. The monoisotopic (exact) mass is 412 g/mol. The van der Waals surface area contributed by atoms with Crippen molar-refractivity contribution in [2.75, 3.05) is 23.4 Å². The van der Waals surface area contributed by atoms with Crippen molar-refractivity contribution in [2.24, 2.45) is 0 Å². The number of H-pyrrole nitrogens is 1. The number of hydrogen-bond acceptors (Lipinski definition) is 7. The van der Waals surface area contributed by atoms with Crippen LogP contribution in [-0.4, -0.2) is 67.3 Å². The maximum atomic E-state index is 14.2. The Hall–Kier alpha value is -2.75. The molecule has 0 aliphatic carbocycles. The molecule has 3 aliphatic heterocycles. The lowest BCUT2D eigenvalue weighted by atomic mass is 10.0. The van der Waals surface area contributed by atoms with Gasteiger partial charge in [0.05, 0.1) is 18.8 Å². The van der Waals surface area contributed by atoms with Gasteiger partial charge in [-0.25, -0.2) is 9.37 Å². The van der Waals surface area contributed by atoms with E-state index in [2.05, 4.69) is 25.5 Å². The number of ether oxygens (including phenoxy) is 1. The third kappa shape index (κ3) is 2.92. The van der Waals surface area contributed by atoms with Gasteiger partial charge in [-0.3, -0.25) is 5.10 Å². The van der Waals surface area contributed by atoms with Crippen LogP contribution < -0.4 is 10.2 Å². The summed E-state index contributed by atoms with van der Waals surface area (Å²) in [6, 6.07) is 0.662. The molecule has 6 heterocycles. The van der Waals surface area contributed by atoms with Crippen LogP contribution in [-0.2, 0) is 4.74 Å². The smallest absolute Gasteiger partial charge is 0.243 e. The molecule has 4 atom stereocenters. The van der Waals surface area contributed by atoms with Crippen LogP contribution in [0.3, 0.4) is 0 Å². The molecule has 2 bridgehead atoms. The van der Waals surface area contributed by atoms with E-state index in [1.807, 2.05) is 6.20 Å². The highest BCUT2D eigenvalue weighted by Crippen LogP contribution is 2.44. The molecule has 3 aromatic rings. The number of aromatic amines is 1. The summed E-state index contributed by atoms with van der Waals surface area (Å²) >= 11 is 0. The maximum absolute atomic E-state index is 14.2. The molecule has 2 N–H and O–H groups in total. The second-order valence-corrected chi connectivity index (χ2v) is 8.49. The molecule has 0 aromatic carbocycles. The number of aromatic nitrogens is 6. The Morgan fingerprint density at radius 1 is 1.17 bits per heavy atom. The molecule has 0 radical (unpaired) electrons. The zero-order valence-electron chi connectivity index (χ0n) is 16.7. The van der Waals surface area contributed by atoms with Gasteiger partial charge in [-0.1, -0.05) is 0 Å². The average Bonchev–Trinajstić information content (AvgIpc) is 3.47. The Morgan fingerprint density at radius 2 is 2.03 bits per heavy atom. The molecule has 10 heteroatoms. The fourth-order valence-corrected chi connectivity index (χ4v) is 5.25. The quantitative estimate of drug-likeness (QED) is 0.680. The third-order valence-corrected chi connectivity index (χ3v) is 6.69. The summed E-state index contributed by atoms with van der Waals surface area (Å²) in [6.45, 7) is 0.652. The van der Waals surface area contributed by atoms with Gasteiger partial charge in [0.15, 0.2) is 5.65 Å². The summed E-state index contributed by atoms with van der Waals surface area (Å²) in [5.74, 6) is 0.432. The van der Waals surface area contributed by atoms with Crippen LogP contribution in [0.4, 0.5) is 16.0 Å². The Bertz CT molecular complexity index is 1020. The van der Waals surface area contributed by atoms with Crippen molar-refractivity contribution < 1.29 is 9.13 Å². The number of halogens is 1. The van der Waals surface area contributed by atoms with Gasteiger partial charge in [0.25, 0.3) is 0 Å². The minimum atomic E-state index is -1.07. The van der Waals surface area contributed by atoms with Crippen LogP contribution in [0, 0.1) is 0 Å². The minimum absolute atomic E-state index is 0.111. The van der Waals surface area contributed by atoms with Gasteiger partial charge in [0.1, 0.15) is 23.9 Å². The standard InChI is InChI=1S/C20H25FN8O/c21-15-10-30-7-6-16(15)25-20-26-19-18(29-13-2-1-3-14(29)5-4-13)17(12-8-23-24-9-12)22-11-28(19)27-20/h8-9,11,13-16H,1-7,10H2,(H,23,24)(H,25,27)/t13?,14?,15-,16+/m1/s1. The second-order valence-electron chi connectivity index (χ2n) is 8.49. The summed E-state index contributed by atoms with van der Waals surface area (Å²) in [5.41, 5.74) is 3.56. The Labute approximate surface area is 173 Å². The van der Waals surface area contributed by atoms with E-state index in [-0.39, 0.29) is 12.6 Å². The molecule has 3 saturated heterocycles. The van der Waals surface area contributed by atoms with Gasteiger partial charge in [0.2, 0.25) is 5.95 Å². The molecule has 3 fully saturated rings. The fourth-order valence-electron chi connectivity index (χ4n) is 5.25. The van der Waals surface area contributed by atoms with E-state index in [4.69, 9.17) is 14.7 Å². The van der Waals surface area contributed by atoms with Crippen LogP contribution in [0.25, 0.3) is 16.9 Å². The van der Waals surface area contributed by atoms with Crippen LogP contribution >= 0.6 is 0 Å². The van der Waals surface area contributed by atoms with Gasteiger partial charge in [-0.05, 0) is 38.5 Å². The van der Waals surface area contributed by atoms with Crippen LogP contribution in [0.1, 0.15) is 38.5 Å². The number of piperidine rings is 1. The van der Waals surface area contributed by atoms with Crippen molar-refractivity contribution >= 4 is 17.3 Å². The van der Waals surface area contributed by atoms with Crippen molar-refractivity contribution in [3.05, 3.63) is 18.7 Å². The van der Waals surface area contributed by atoms with E-state index in [1.54, 1.807) is 17.0 Å². The summed E-state index contributed by atoms with van der Waals surface area (Å²) in [5, 5.41) is 14.8. The van der Waals surface area contributed by atoms with E-state index in [1.165, 1.54) is 32.1 Å². The minimum Gasteiger partial charge on any atom is -0.378 e. The second kappa shape index (κ2) is 7.19. The molecule has 2 unspecified atom stereocenters. The van der Waals surface area contributed by atoms with E-state index in [0.717, 1.165) is 22.6 Å². The SMILES string of the molecule is F[C@@H]1COCC[C@@H]1Nc1nc2c(N3C4CCCC3CC4)c(-c3cn[nH]c3)ncn2n1. The zero-order valence-corrected chi connectivity index (χ0v) is 16.7. The number of nitrogens with one attached hydrogen (secondary N) is 2. The van der Waals surface area contributed by atoms with Gasteiger partial charge in [-0.15, -0.1) is 5.10 Å². The molecule has 158 valence electrons. The molecule has 0 saturated carbocycles. The van der Waals surface area contributed by atoms with Gasteiger partial charge < -0.3 is 15.0 Å². The highest BCUT2D eigenvalue weighted by atomic mass is 19.1. The molecule has 6 rings (SSSR count). The van der Waals surface area contributed by atoms with E-state index >= 15 is 0 Å². The predicted octanol–water partition coefficient (Wildman–Crippen LogP) is 2.57. The lowest BCUT2D eigenvalue weighted by Gasteiger charge is -2.37. The summed E-state index contributed by atoms with van der Waals surface area (Å²) in [7, 11) is 0. The Balaban J connectivity index is 1.45. The third-order valence-electron chi connectivity index (χ3n) is 6.69. The number of rotatable bonds is 4. The number of hydrogen-bond donors (Lipinski definition) is 2. The summed E-state index contributed by atoms with van der Waals surface area (Å²) in [6.07, 6.45) is 10.9. The van der Waals surface area contributed by atoms with E-state index in [9.17, 15) is 4.39 Å². The number of nitrogens with zero attached hydrogens (tertiary/aromatic N) is 6. The van der Waals surface area contributed by atoms with Gasteiger partial charge in [0, 0.05) is 30.5 Å². The number of anilines is 2. The molecule has 3 aliphatic rings. The first-order chi connectivity index (χ1) is 14.8. The topological polar surface area (TPSA) is 96.3 Å². The molecule has 30 heavy (non-hydrogen) atoms. The van der Waals surface area contributed by atoms with Crippen LogP contribution in [0.2, 0.25) is 0 Å². The number of alkyl halides is 1. The Morgan fingerprint density at radius 3 is 2.80 bits per heavy atom. The molecular weight excluding hydrogens is 387 g/mol. The van der Waals surface area contributed by atoms with Crippen LogP contribution in [0.15, 0.2) is 18.7 Å². The zero-order chi connectivity index (χ0) is 20.1. The largest absolute Gasteiger partial charge is 0.378 e. The molecule has 0 spiro atoms. The van der Waals surface area contributed by atoms with Crippen molar-refractivity contribution in [3.63, 3.8) is 0 Å². The van der Waals surface area contributed by atoms with Crippen LogP contribution in [0.5, 0.6) is 0 Å². The summed E-state index contributed by atoms with van der Waals surface area (Å²) in [4.78, 5) is 12.1. The van der Waals surface area contributed by atoms with Crippen molar-refractivity contribution in [1.82, 2.24) is 29.8 Å². The predicted molar refractivity (Wildman–Crippen MR) is 109 cm³/mol. The molecule has 9 nitrogen and oxygen atoms in total. The highest BCUT2D eigenvalue weighted by Gasteiger charge is 2.39. The lowest BCUT2D eigenvalue weighted by molar-refractivity contribution is 0.0284. The normalized spacial score (nSPS) is 28.9. The first-order valence-corrected chi connectivity index (χ1v) is 10.8. The fraction of sp³-hybridized carbons (Fsp3) is 0.600. The molecule has 0 amide bonds. The highest BCUT2D eigenvalue weighted by molar-refractivity contribution is 5.86. The number of fused-ring (bicyclic) bond motifs is 3. The van der Waals surface area contributed by atoms with Gasteiger partial charge in [-0.2, -0.15) is 14.6 Å². The molecular formula is C20H25FN8O. The summed E-state index contributed by atoms with van der Waals surface area (Å²) < 4.78 is 21.2. The Kier molecular flexibility index (Phi) is 4.33. The van der Waals surface area contributed by atoms with Gasteiger partial charge >= 0.3 is 0 Å². The first-order valence-electron chi connectivity index (χ1n) is 10.8. The lowest BCUT2D eigenvalue weighted by Crippen LogP contribution is -2.40. The van der Waals surface area contributed by atoms with Crippen molar-refractivity contribution in [2.45, 2.75) is 62.8 Å². The van der Waals surface area contributed by atoms with E-state index in [0.29, 0.717) is 31.1 Å². The van der Waals surface area contributed by atoms with Crippen molar-refractivity contribution in [3.8, 4) is 11.3 Å². The first kappa shape index (κ1) is 18.1. The van der Waals surface area contributed by atoms with Crippen molar-refractivity contribution in [1.29, 1.82) is 0 Å². The van der Waals surface area contributed by atoms with E-state index < -0.39 is 6.17 Å². The maximum Gasteiger partial charge on any atom is 0.243 e. The molecule has 3 aromatic heterocycles.